The summed E-state index contributed by atoms with van der Waals surface area (Å²) in [5.74, 6) is 1.15. The van der Waals surface area contributed by atoms with Gasteiger partial charge in [0.15, 0.2) is 11.0 Å². The lowest BCUT2D eigenvalue weighted by molar-refractivity contribution is 0.101. The lowest BCUT2D eigenvalue weighted by Gasteiger charge is -2.05. The molecule has 0 amide bonds. The molecule has 2 rings (SSSR count). The van der Waals surface area contributed by atoms with Crippen LogP contribution in [0.25, 0.3) is 0 Å². The van der Waals surface area contributed by atoms with Crippen LogP contribution >= 0.6 is 11.8 Å². The number of anilines is 1. The van der Waals surface area contributed by atoms with Gasteiger partial charge in [-0.2, -0.15) is 0 Å². The molecule has 0 unspecified atom stereocenters. The second kappa shape index (κ2) is 5.36. The molecular formula is C13H16N2OS. The quantitative estimate of drug-likeness (QED) is 0.835. The molecule has 0 saturated heterocycles. The van der Waals surface area contributed by atoms with E-state index in [4.69, 9.17) is 0 Å². The Morgan fingerprint density at radius 3 is 2.71 bits per heavy atom. The molecule has 0 aliphatic carbocycles. The van der Waals surface area contributed by atoms with Crippen LogP contribution in [0.5, 0.6) is 0 Å². The number of ketones is 1. The molecule has 0 bridgehead atoms. The number of amidine groups is 1. The van der Waals surface area contributed by atoms with Gasteiger partial charge in [-0.1, -0.05) is 18.7 Å². The van der Waals surface area contributed by atoms with Crippen molar-refractivity contribution in [3.8, 4) is 0 Å². The molecule has 0 spiro atoms. The van der Waals surface area contributed by atoms with E-state index in [0.717, 1.165) is 28.6 Å². The Labute approximate surface area is 106 Å². The van der Waals surface area contributed by atoms with Gasteiger partial charge in [0.25, 0.3) is 0 Å². The van der Waals surface area contributed by atoms with Crippen LogP contribution in [-0.4, -0.2) is 22.7 Å². The van der Waals surface area contributed by atoms with Crippen molar-refractivity contribution >= 4 is 28.4 Å². The molecule has 0 radical (unpaired) electrons. The number of rotatable bonds is 3. The lowest BCUT2D eigenvalue weighted by Crippen LogP contribution is -2.05. The Kier molecular flexibility index (Phi) is 3.84. The van der Waals surface area contributed by atoms with E-state index in [1.165, 1.54) is 0 Å². The second-order valence-corrected chi connectivity index (χ2v) is 5.07. The minimum Gasteiger partial charge on any atom is -0.335 e. The zero-order valence-electron chi connectivity index (χ0n) is 10.1. The Morgan fingerprint density at radius 1 is 1.47 bits per heavy atom. The first-order chi connectivity index (χ1) is 8.19. The summed E-state index contributed by atoms with van der Waals surface area (Å²) >= 11 is 1.75. The second-order valence-electron chi connectivity index (χ2n) is 4.07. The highest BCUT2D eigenvalue weighted by Gasteiger charge is 2.16. The largest absolute Gasteiger partial charge is 0.335 e. The van der Waals surface area contributed by atoms with Gasteiger partial charge in [-0.25, -0.2) is 0 Å². The number of hydrogen-bond donors (Lipinski definition) is 1. The van der Waals surface area contributed by atoms with Crippen molar-refractivity contribution in [3.05, 3.63) is 29.8 Å². The van der Waals surface area contributed by atoms with Crippen LogP contribution in [0.2, 0.25) is 0 Å². The summed E-state index contributed by atoms with van der Waals surface area (Å²) in [6.45, 7) is 3.73. The lowest BCUT2D eigenvalue weighted by atomic mass is 10.1. The molecule has 1 atom stereocenters. The van der Waals surface area contributed by atoms with Crippen LogP contribution in [0.3, 0.4) is 0 Å². The van der Waals surface area contributed by atoms with Crippen LogP contribution in [-0.2, 0) is 0 Å². The fourth-order valence-electron chi connectivity index (χ4n) is 1.60. The molecule has 3 nitrogen and oxygen atoms in total. The highest BCUT2D eigenvalue weighted by molar-refractivity contribution is 8.14. The Morgan fingerprint density at radius 2 is 2.18 bits per heavy atom. The predicted octanol–water partition coefficient (Wildman–Crippen LogP) is 3.18. The van der Waals surface area contributed by atoms with Gasteiger partial charge in [0, 0.05) is 17.0 Å². The number of hydrogen-bond acceptors (Lipinski definition) is 4. The van der Waals surface area contributed by atoms with E-state index in [9.17, 15) is 4.79 Å². The molecule has 4 heteroatoms. The third-order valence-corrected chi connectivity index (χ3v) is 3.76. The Balaban J connectivity index is 2.02. The number of thioether (sulfide) groups is 1. The number of carbonyl (C=O) groups excluding carboxylic acids is 1. The SMILES string of the molecule is CC[C@H]1CSC(Nc2ccc(C(C)=O)cc2)=N1. The van der Waals surface area contributed by atoms with Gasteiger partial charge in [-0.3, -0.25) is 9.79 Å². The first kappa shape index (κ1) is 12.2. The molecule has 0 aromatic heterocycles. The van der Waals surface area contributed by atoms with Crippen molar-refractivity contribution in [2.45, 2.75) is 26.3 Å². The summed E-state index contributed by atoms with van der Waals surface area (Å²) in [6, 6.07) is 7.95. The first-order valence-electron chi connectivity index (χ1n) is 5.77. The fourth-order valence-corrected chi connectivity index (χ4v) is 2.68. The zero-order chi connectivity index (χ0) is 12.3. The van der Waals surface area contributed by atoms with Gasteiger partial charge >= 0.3 is 0 Å². The number of aliphatic imine (C=N–C) groups is 1. The molecule has 1 N–H and O–H groups in total. The summed E-state index contributed by atoms with van der Waals surface area (Å²) in [7, 11) is 0. The van der Waals surface area contributed by atoms with Crippen LogP contribution in [0, 0.1) is 0 Å². The van der Waals surface area contributed by atoms with Gasteiger partial charge in [-0.05, 0) is 37.6 Å². The number of carbonyl (C=O) groups is 1. The Bertz CT molecular complexity index is 439. The highest BCUT2D eigenvalue weighted by Crippen LogP contribution is 2.22. The predicted molar refractivity (Wildman–Crippen MR) is 74.0 cm³/mol. The maximum atomic E-state index is 11.1. The minimum atomic E-state index is 0.0928. The number of benzene rings is 1. The maximum Gasteiger partial charge on any atom is 0.161 e. The van der Waals surface area contributed by atoms with E-state index < -0.39 is 0 Å². The standard InChI is InChI=1S/C13H16N2OS/c1-3-11-8-17-13(14-11)15-12-6-4-10(5-7-12)9(2)16/h4-7,11H,3,8H2,1-2H3,(H,14,15)/t11-/m0/s1. The molecule has 1 aliphatic rings. The third kappa shape index (κ3) is 3.09. The summed E-state index contributed by atoms with van der Waals surface area (Å²) in [4.78, 5) is 15.7. The monoisotopic (exact) mass is 248 g/mol. The summed E-state index contributed by atoms with van der Waals surface area (Å²) in [5, 5.41) is 4.25. The van der Waals surface area contributed by atoms with E-state index in [0.29, 0.717) is 6.04 Å². The topological polar surface area (TPSA) is 41.5 Å². The van der Waals surface area contributed by atoms with Crippen LogP contribution in [0.1, 0.15) is 30.6 Å². The van der Waals surface area contributed by atoms with Crippen molar-refractivity contribution in [2.75, 3.05) is 11.1 Å². The summed E-state index contributed by atoms with van der Waals surface area (Å²) in [6.07, 6.45) is 1.08. The Hall–Kier alpha value is -1.29. The van der Waals surface area contributed by atoms with Crippen LogP contribution in [0.15, 0.2) is 29.3 Å². The molecule has 0 saturated carbocycles. The molecule has 0 fully saturated rings. The normalized spacial score (nSPS) is 18.9. The van der Waals surface area contributed by atoms with E-state index in [-0.39, 0.29) is 5.78 Å². The third-order valence-electron chi connectivity index (χ3n) is 2.73. The maximum absolute atomic E-state index is 11.1. The fraction of sp³-hybridized carbons (Fsp3) is 0.385. The van der Waals surface area contributed by atoms with Gasteiger partial charge in [0.2, 0.25) is 0 Å². The highest BCUT2D eigenvalue weighted by atomic mass is 32.2. The van der Waals surface area contributed by atoms with Crippen molar-refractivity contribution in [2.24, 2.45) is 4.99 Å². The van der Waals surface area contributed by atoms with Gasteiger partial charge < -0.3 is 5.32 Å². The molecule has 1 heterocycles. The van der Waals surface area contributed by atoms with Gasteiger partial charge in [0.1, 0.15) is 0 Å². The molecule has 1 aromatic rings. The summed E-state index contributed by atoms with van der Waals surface area (Å²) in [5.41, 5.74) is 1.72. The van der Waals surface area contributed by atoms with Gasteiger partial charge in [-0.15, -0.1) is 0 Å². The molecule has 1 aliphatic heterocycles. The smallest absolute Gasteiger partial charge is 0.161 e. The first-order valence-corrected chi connectivity index (χ1v) is 6.76. The zero-order valence-corrected chi connectivity index (χ0v) is 10.9. The average molecular weight is 248 g/mol. The number of nitrogens with one attached hydrogen (secondary N) is 1. The van der Waals surface area contributed by atoms with E-state index in [2.05, 4.69) is 17.2 Å². The van der Waals surface area contributed by atoms with Crippen molar-refractivity contribution in [1.29, 1.82) is 0 Å². The molecule has 17 heavy (non-hydrogen) atoms. The summed E-state index contributed by atoms with van der Waals surface area (Å²) < 4.78 is 0. The van der Waals surface area contributed by atoms with Crippen molar-refractivity contribution in [1.82, 2.24) is 0 Å². The van der Waals surface area contributed by atoms with E-state index in [1.54, 1.807) is 18.7 Å². The van der Waals surface area contributed by atoms with Crippen molar-refractivity contribution in [3.63, 3.8) is 0 Å². The number of Topliss-reactive ketones (excluding diaryl/α,β-unsaturated/α-hetero) is 1. The molecular weight excluding hydrogens is 232 g/mol. The van der Waals surface area contributed by atoms with E-state index in [1.807, 2.05) is 24.3 Å². The molecule has 90 valence electrons. The number of nitrogens with zero attached hydrogens (tertiary/aromatic N) is 1. The van der Waals surface area contributed by atoms with Gasteiger partial charge in [0.05, 0.1) is 6.04 Å². The van der Waals surface area contributed by atoms with E-state index >= 15 is 0 Å². The van der Waals surface area contributed by atoms with Crippen LogP contribution < -0.4 is 5.32 Å². The molecule has 1 aromatic carbocycles. The van der Waals surface area contributed by atoms with Crippen LogP contribution in [0.4, 0.5) is 5.69 Å². The average Bonchev–Trinajstić information content (AvgIpc) is 2.77. The van der Waals surface area contributed by atoms with Crippen molar-refractivity contribution < 1.29 is 4.79 Å². The minimum absolute atomic E-state index is 0.0928.